The minimum Gasteiger partial charge on any atom is -0.394 e. The predicted octanol–water partition coefficient (Wildman–Crippen LogP) is -0.982. The minimum atomic E-state index is -4.99. The van der Waals surface area contributed by atoms with E-state index in [0.29, 0.717) is 0 Å². The molecule has 0 radical (unpaired) electrons. The van der Waals surface area contributed by atoms with Crippen molar-refractivity contribution >= 4 is 5.91 Å². The van der Waals surface area contributed by atoms with Crippen molar-refractivity contribution in [2.75, 3.05) is 13.2 Å². The van der Waals surface area contributed by atoms with Gasteiger partial charge in [0.2, 0.25) is 1.43 Å². The molecule has 1 atom stereocenters. The lowest BCUT2D eigenvalue weighted by atomic mass is 10.3. The van der Waals surface area contributed by atoms with Gasteiger partial charge in [0, 0.05) is 0 Å². The number of carbonyl (C=O) groups excluding carboxylic acids is 1. The lowest BCUT2D eigenvalue weighted by Crippen LogP contribution is -2.46. The Morgan fingerprint density at radius 3 is 2.50 bits per heavy atom. The van der Waals surface area contributed by atoms with Crippen LogP contribution in [0.4, 0.5) is 13.2 Å². The zero-order valence-electron chi connectivity index (χ0n) is 6.89. The van der Waals surface area contributed by atoms with Crippen LogP contribution in [-0.2, 0) is 4.79 Å². The van der Waals surface area contributed by atoms with Crippen molar-refractivity contribution in [1.29, 1.82) is 1.43 Å². The van der Waals surface area contributed by atoms with Crippen LogP contribution >= 0.6 is 0 Å². The lowest BCUT2D eigenvalue weighted by molar-refractivity contribution is -0.174. The molecule has 0 saturated carbocycles. The van der Waals surface area contributed by atoms with Crippen molar-refractivity contribution in [3.63, 3.8) is 0 Å². The van der Waals surface area contributed by atoms with Gasteiger partial charge in [0.05, 0.1) is 19.3 Å². The SMILES string of the molecule is [2H]OCC(CO)NC(=O)C(F)(F)F. The van der Waals surface area contributed by atoms with Crippen molar-refractivity contribution < 1.29 is 28.2 Å². The number of hydrogen-bond acceptors (Lipinski definition) is 3. The zero-order valence-corrected chi connectivity index (χ0v) is 5.89. The molecule has 0 spiro atoms. The van der Waals surface area contributed by atoms with E-state index >= 15 is 0 Å². The van der Waals surface area contributed by atoms with E-state index in [4.69, 9.17) is 6.54 Å². The quantitative estimate of drug-likeness (QED) is 0.531. The second kappa shape index (κ2) is 4.27. The molecule has 72 valence electrons. The number of nitrogens with one attached hydrogen (secondary N) is 1. The summed E-state index contributed by atoms with van der Waals surface area (Å²) in [6, 6.07) is -1.22. The molecule has 7 heteroatoms. The average Bonchev–Trinajstić information content (AvgIpc) is 2.01. The van der Waals surface area contributed by atoms with Crippen LogP contribution in [0, 0.1) is 0 Å². The van der Waals surface area contributed by atoms with Crippen molar-refractivity contribution in [3.8, 4) is 0 Å². The number of alkyl halides is 3. The summed E-state index contributed by atoms with van der Waals surface area (Å²) in [5.41, 5.74) is 0. The summed E-state index contributed by atoms with van der Waals surface area (Å²) in [7, 11) is 0. The van der Waals surface area contributed by atoms with E-state index in [1.807, 2.05) is 0 Å². The van der Waals surface area contributed by atoms with Crippen LogP contribution in [0.5, 0.6) is 0 Å². The number of rotatable bonds is 4. The maximum Gasteiger partial charge on any atom is 0.471 e. The third-order valence-corrected chi connectivity index (χ3v) is 1.01. The van der Waals surface area contributed by atoms with Gasteiger partial charge in [0.25, 0.3) is 0 Å². The van der Waals surface area contributed by atoms with E-state index in [0.717, 1.165) is 0 Å². The van der Waals surface area contributed by atoms with Gasteiger partial charge in [-0.15, -0.1) is 0 Å². The molecule has 0 rings (SSSR count). The highest BCUT2D eigenvalue weighted by Gasteiger charge is 2.39. The molecule has 4 nitrogen and oxygen atoms in total. The lowest BCUT2D eigenvalue weighted by Gasteiger charge is -2.14. The van der Waals surface area contributed by atoms with Crippen LogP contribution in [0.3, 0.4) is 0 Å². The molecule has 1 unspecified atom stereocenters. The Morgan fingerprint density at radius 2 is 2.17 bits per heavy atom. The molecular formula is C5H8F3NO3. The van der Waals surface area contributed by atoms with Gasteiger partial charge in [-0.25, -0.2) is 0 Å². The number of aliphatic hydroxyl groups is 2. The Morgan fingerprint density at radius 1 is 1.58 bits per heavy atom. The second-order valence-electron chi connectivity index (χ2n) is 2.02. The van der Waals surface area contributed by atoms with Gasteiger partial charge in [0.15, 0.2) is 0 Å². The monoisotopic (exact) mass is 188 g/mol. The maximum absolute atomic E-state index is 11.6. The van der Waals surface area contributed by atoms with Crippen LogP contribution in [0.25, 0.3) is 0 Å². The number of hydrogen-bond donors (Lipinski definition) is 3. The van der Waals surface area contributed by atoms with Crippen molar-refractivity contribution in [2.45, 2.75) is 12.2 Å². The molecule has 0 aromatic carbocycles. The van der Waals surface area contributed by atoms with E-state index in [1.165, 1.54) is 5.32 Å². The molecule has 0 bridgehead atoms. The molecule has 0 aromatic heterocycles. The Bertz CT molecular complexity index is 175. The summed E-state index contributed by atoms with van der Waals surface area (Å²) in [5, 5.41) is 13.6. The third-order valence-electron chi connectivity index (χ3n) is 1.01. The Labute approximate surface area is 67.5 Å². The van der Waals surface area contributed by atoms with E-state index in [1.54, 1.807) is 0 Å². The first kappa shape index (κ1) is 9.27. The molecule has 3 N–H and O–H groups in total. The van der Waals surface area contributed by atoms with Crippen LogP contribution < -0.4 is 5.32 Å². The van der Waals surface area contributed by atoms with Gasteiger partial charge in [-0.3, -0.25) is 4.79 Å². The van der Waals surface area contributed by atoms with Crippen LogP contribution in [0.15, 0.2) is 0 Å². The third kappa shape index (κ3) is 3.54. The first-order valence-corrected chi connectivity index (χ1v) is 2.98. The molecule has 12 heavy (non-hydrogen) atoms. The van der Waals surface area contributed by atoms with E-state index in [2.05, 4.69) is 5.11 Å². The van der Waals surface area contributed by atoms with Crippen molar-refractivity contribution in [2.24, 2.45) is 0 Å². The Hall–Kier alpha value is -0.820. The fourth-order valence-electron chi connectivity index (χ4n) is 0.407. The van der Waals surface area contributed by atoms with Crippen LogP contribution in [-0.4, -0.2) is 43.0 Å². The fraction of sp³-hybridized carbons (Fsp3) is 0.800. The molecule has 0 heterocycles. The number of halogens is 3. The molecule has 0 aliphatic rings. The Balaban J connectivity index is 4.01. The molecule has 0 fully saturated rings. The van der Waals surface area contributed by atoms with Crippen LogP contribution in [0.1, 0.15) is 0 Å². The normalized spacial score (nSPS) is 15.2. The molecule has 1 amide bonds. The fourth-order valence-corrected chi connectivity index (χ4v) is 0.407. The Kier molecular flexibility index (Phi) is 3.30. The average molecular weight is 188 g/mol. The standard InChI is InChI=1S/C5H8F3NO3/c6-5(7,8)4(12)9-3(1-10)2-11/h3,10-11H,1-2H2,(H,9,12)/i10D. The summed E-state index contributed by atoms with van der Waals surface area (Å²) in [6.45, 7) is -1.22. The van der Waals surface area contributed by atoms with Gasteiger partial charge in [-0.05, 0) is 0 Å². The van der Waals surface area contributed by atoms with Gasteiger partial charge in [0.1, 0.15) is 0 Å². The first-order valence-electron chi connectivity index (χ1n) is 3.39. The molecule has 0 aromatic rings. The zero-order chi connectivity index (χ0) is 10.5. The first-order chi connectivity index (χ1) is 5.91. The molecule has 0 aliphatic carbocycles. The van der Waals surface area contributed by atoms with Crippen LogP contribution in [0.2, 0.25) is 0 Å². The summed E-state index contributed by atoms with van der Waals surface area (Å²) < 4.78 is 41.0. The van der Waals surface area contributed by atoms with Gasteiger partial charge >= 0.3 is 12.1 Å². The predicted molar refractivity (Wildman–Crippen MR) is 32.2 cm³/mol. The molecule has 0 aliphatic heterocycles. The highest BCUT2D eigenvalue weighted by molar-refractivity contribution is 5.81. The maximum atomic E-state index is 11.6. The van der Waals surface area contributed by atoms with Crippen molar-refractivity contribution in [3.05, 3.63) is 0 Å². The second-order valence-corrected chi connectivity index (χ2v) is 2.02. The number of amides is 1. The van der Waals surface area contributed by atoms with Gasteiger partial charge in [-0.2, -0.15) is 13.2 Å². The number of aliphatic hydroxyl groups excluding tert-OH is 2. The minimum absolute atomic E-state index is 0.502. The largest absolute Gasteiger partial charge is 0.471 e. The molecular weight excluding hydrogens is 179 g/mol. The summed E-state index contributed by atoms with van der Waals surface area (Å²) >= 11 is 0. The summed E-state index contributed by atoms with van der Waals surface area (Å²) in [6.07, 6.45) is -4.99. The number of carbonyl (C=O) groups is 1. The van der Waals surface area contributed by atoms with Crippen molar-refractivity contribution in [1.82, 2.24) is 5.32 Å². The van der Waals surface area contributed by atoms with E-state index in [-0.39, 0.29) is 0 Å². The summed E-state index contributed by atoms with van der Waals surface area (Å²) in [4.78, 5) is 10.2. The topological polar surface area (TPSA) is 69.6 Å². The summed E-state index contributed by atoms with van der Waals surface area (Å²) in [5.74, 6) is -2.16. The molecule has 0 saturated heterocycles. The van der Waals surface area contributed by atoms with Gasteiger partial charge < -0.3 is 15.5 Å². The highest BCUT2D eigenvalue weighted by atomic mass is 19.4. The van der Waals surface area contributed by atoms with E-state index in [9.17, 15) is 18.0 Å². The smallest absolute Gasteiger partial charge is 0.394 e. The van der Waals surface area contributed by atoms with E-state index < -0.39 is 31.3 Å². The highest BCUT2D eigenvalue weighted by Crippen LogP contribution is 2.14. The van der Waals surface area contributed by atoms with Gasteiger partial charge in [-0.1, -0.05) is 0 Å².